The van der Waals surface area contributed by atoms with E-state index in [1.54, 1.807) is 0 Å². The summed E-state index contributed by atoms with van der Waals surface area (Å²) in [6.07, 6.45) is 11.3. The Kier molecular flexibility index (Phi) is 3.82. The Balaban J connectivity index is 1.77. The van der Waals surface area contributed by atoms with Gasteiger partial charge in [0.05, 0.1) is 0 Å². The molecule has 2 saturated carbocycles. The minimum absolute atomic E-state index is 0.439. The van der Waals surface area contributed by atoms with Gasteiger partial charge in [0, 0.05) is 12.3 Å². The van der Waals surface area contributed by atoms with Crippen molar-refractivity contribution in [1.29, 1.82) is 0 Å². The Morgan fingerprint density at radius 1 is 1.07 bits per heavy atom. The molecule has 86 valence electrons. The van der Waals surface area contributed by atoms with Gasteiger partial charge < -0.3 is 0 Å². The summed E-state index contributed by atoms with van der Waals surface area (Å²) in [5, 5.41) is 0. The predicted molar refractivity (Wildman–Crippen MR) is 62.7 cm³/mol. The molecule has 2 aliphatic carbocycles. The molecule has 0 N–H and O–H groups in total. The molecular weight excluding hydrogens is 184 g/mol. The van der Waals surface area contributed by atoms with Crippen LogP contribution in [0.4, 0.5) is 0 Å². The van der Waals surface area contributed by atoms with Gasteiger partial charge in [-0.3, -0.25) is 4.79 Å². The summed E-state index contributed by atoms with van der Waals surface area (Å²) >= 11 is 0. The molecule has 2 rings (SSSR count). The maximum Gasteiger partial charge on any atom is 0.136 e. The van der Waals surface area contributed by atoms with Crippen molar-refractivity contribution in [2.75, 3.05) is 0 Å². The van der Waals surface area contributed by atoms with Crippen LogP contribution in [0.3, 0.4) is 0 Å². The molecule has 0 aromatic heterocycles. The summed E-state index contributed by atoms with van der Waals surface area (Å²) in [6.45, 7) is 2.29. The number of rotatable bonds is 4. The topological polar surface area (TPSA) is 17.1 Å². The minimum Gasteiger partial charge on any atom is -0.299 e. The Labute approximate surface area is 93.6 Å². The zero-order valence-corrected chi connectivity index (χ0v) is 10.0. The maximum absolute atomic E-state index is 12.0. The van der Waals surface area contributed by atoms with Crippen LogP contribution in [-0.4, -0.2) is 5.78 Å². The fourth-order valence-corrected chi connectivity index (χ4v) is 3.42. The Morgan fingerprint density at radius 2 is 1.60 bits per heavy atom. The van der Waals surface area contributed by atoms with Gasteiger partial charge in [-0.2, -0.15) is 0 Å². The van der Waals surface area contributed by atoms with Crippen molar-refractivity contribution in [3.8, 4) is 0 Å². The van der Waals surface area contributed by atoms with Crippen molar-refractivity contribution in [3.63, 3.8) is 0 Å². The van der Waals surface area contributed by atoms with Gasteiger partial charge >= 0.3 is 0 Å². The van der Waals surface area contributed by atoms with Crippen LogP contribution in [0.15, 0.2) is 0 Å². The molecule has 0 aromatic rings. The first-order valence-corrected chi connectivity index (χ1v) is 6.80. The van der Waals surface area contributed by atoms with Crippen molar-refractivity contribution < 1.29 is 4.79 Å². The van der Waals surface area contributed by atoms with E-state index in [2.05, 4.69) is 6.92 Å². The Morgan fingerprint density at radius 3 is 2.20 bits per heavy atom. The van der Waals surface area contributed by atoms with Gasteiger partial charge in [-0.1, -0.05) is 45.4 Å². The molecule has 15 heavy (non-hydrogen) atoms. The molecule has 1 heteroatoms. The number of carbonyl (C=O) groups is 1. The third kappa shape index (κ3) is 2.83. The summed E-state index contributed by atoms with van der Waals surface area (Å²) < 4.78 is 0. The van der Waals surface area contributed by atoms with E-state index in [0.29, 0.717) is 17.6 Å². The molecule has 0 aromatic carbocycles. The van der Waals surface area contributed by atoms with E-state index in [1.165, 1.54) is 51.4 Å². The second kappa shape index (κ2) is 5.14. The molecule has 0 amide bonds. The number of carbonyl (C=O) groups excluding carboxylic acids is 1. The zero-order chi connectivity index (χ0) is 10.7. The van der Waals surface area contributed by atoms with Crippen molar-refractivity contribution in [1.82, 2.24) is 0 Å². The first kappa shape index (κ1) is 11.2. The van der Waals surface area contributed by atoms with E-state index in [0.717, 1.165) is 12.3 Å². The van der Waals surface area contributed by atoms with Crippen molar-refractivity contribution in [3.05, 3.63) is 0 Å². The second-order valence-corrected chi connectivity index (χ2v) is 5.67. The van der Waals surface area contributed by atoms with Crippen LogP contribution < -0.4 is 0 Å². The number of hydrogen-bond donors (Lipinski definition) is 0. The van der Waals surface area contributed by atoms with E-state index < -0.39 is 0 Å². The highest BCUT2D eigenvalue weighted by Crippen LogP contribution is 2.35. The molecule has 0 bridgehead atoms. The second-order valence-electron chi connectivity index (χ2n) is 5.67. The molecule has 2 aliphatic rings. The van der Waals surface area contributed by atoms with Crippen LogP contribution in [-0.2, 0) is 4.79 Å². The molecule has 0 radical (unpaired) electrons. The molecule has 0 spiro atoms. The van der Waals surface area contributed by atoms with Crippen molar-refractivity contribution in [2.45, 2.75) is 64.7 Å². The largest absolute Gasteiger partial charge is 0.299 e. The molecular formula is C14H24O. The average Bonchev–Trinajstić information content (AvgIpc) is 2.91. The molecule has 0 saturated heterocycles. The SMILES string of the molecule is C[C@H](CC(=O)C1CCCC1)C1CCCC1. The lowest BCUT2D eigenvalue weighted by Gasteiger charge is -2.19. The van der Waals surface area contributed by atoms with Gasteiger partial charge in [0.2, 0.25) is 0 Å². The quantitative estimate of drug-likeness (QED) is 0.683. The highest BCUT2D eigenvalue weighted by molar-refractivity contribution is 5.81. The van der Waals surface area contributed by atoms with Gasteiger partial charge in [0.15, 0.2) is 0 Å². The molecule has 1 nitrogen and oxygen atoms in total. The van der Waals surface area contributed by atoms with E-state index >= 15 is 0 Å². The summed E-state index contributed by atoms with van der Waals surface area (Å²) in [5.41, 5.74) is 0. The molecule has 1 atom stereocenters. The first-order chi connectivity index (χ1) is 7.27. The van der Waals surface area contributed by atoms with Crippen LogP contribution >= 0.6 is 0 Å². The smallest absolute Gasteiger partial charge is 0.136 e. The highest BCUT2D eigenvalue weighted by atomic mass is 16.1. The fraction of sp³-hybridized carbons (Fsp3) is 0.929. The molecule has 0 aliphatic heterocycles. The Hall–Kier alpha value is -0.330. The standard InChI is InChI=1S/C14H24O/c1-11(12-6-2-3-7-12)10-14(15)13-8-4-5-9-13/h11-13H,2-10H2,1H3/t11-/m1/s1. The van der Waals surface area contributed by atoms with Crippen LogP contribution in [0.5, 0.6) is 0 Å². The summed E-state index contributed by atoms with van der Waals surface area (Å²) in [7, 11) is 0. The predicted octanol–water partition coefficient (Wildman–Crippen LogP) is 3.96. The van der Waals surface area contributed by atoms with Crippen LogP contribution in [0.25, 0.3) is 0 Å². The zero-order valence-electron chi connectivity index (χ0n) is 10.0. The number of hydrogen-bond acceptors (Lipinski definition) is 1. The third-order valence-electron chi connectivity index (χ3n) is 4.54. The monoisotopic (exact) mass is 208 g/mol. The van der Waals surface area contributed by atoms with E-state index in [4.69, 9.17) is 0 Å². The average molecular weight is 208 g/mol. The molecule has 0 unspecified atom stereocenters. The lowest BCUT2D eigenvalue weighted by molar-refractivity contribution is -0.123. The number of ketones is 1. The fourth-order valence-electron chi connectivity index (χ4n) is 3.42. The van der Waals surface area contributed by atoms with Gasteiger partial charge in [-0.05, 0) is 24.7 Å². The first-order valence-electron chi connectivity index (χ1n) is 6.80. The van der Waals surface area contributed by atoms with E-state index in [1.807, 2.05) is 0 Å². The van der Waals surface area contributed by atoms with Gasteiger partial charge in [-0.25, -0.2) is 0 Å². The lowest BCUT2D eigenvalue weighted by Crippen LogP contribution is -2.18. The van der Waals surface area contributed by atoms with E-state index in [-0.39, 0.29) is 0 Å². The van der Waals surface area contributed by atoms with E-state index in [9.17, 15) is 4.79 Å². The molecule has 2 fully saturated rings. The lowest BCUT2D eigenvalue weighted by atomic mass is 9.85. The third-order valence-corrected chi connectivity index (χ3v) is 4.54. The van der Waals surface area contributed by atoms with Crippen molar-refractivity contribution in [2.24, 2.45) is 17.8 Å². The molecule has 0 heterocycles. The van der Waals surface area contributed by atoms with Crippen molar-refractivity contribution >= 4 is 5.78 Å². The minimum atomic E-state index is 0.439. The Bertz CT molecular complexity index is 209. The van der Waals surface area contributed by atoms with Crippen LogP contribution in [0, 0.1) is 17.8 Å². The normalized spacial score (nSPS) is 25.9. The number of Topliss-reactive ketones (excluding diaryl/α,β-unsaturated/α-hetero) is 1. The summed E-state index contributed by atoms with van der Waals surface area (Å²) in [6, 6.07) is 0. The maximum atomic E-state index is 12.0. The van der Waals surface area contributed by atoms with Crippen LogP contribution in [0.1, 0.15) is 64.7 Å². The highest BCUT2D eigenvalue weighted by Gasteiger charge is 2.27. The summed E-state index contributed by atoms with van der Waals surface area (Å²) in [4.78, 5) is 12.0. The van der Waals surface area contributed by atoms with Gasteiger partial charge in [-0.15, -0.1) is 0 Å². The summed E-state index contributed by atoms with van der Waals surface area (Å²) in [5.74, 6) is 2.52. The van der Waals surface area contributed by atoms with Gasteiger partial charge in [0.25, 0.3) is 0 Å². The van der Waals surface area contributed by atoms with Gasteiger partial charge in [0.1, 0.15) is 5.78 Å². The van der Waals surface area contributed by atoms with Crippen LogP contribution in [0.2, 0.25) is 0 Å².